The number of quaternary nitrogens is 1. The van der Waals surface area contributed by atoms with E-state index in [0.29, 0.717) is 29.9 Å². The lowest BCUT2D eigenvalue weighted by atomic mass is 10.0. The van der Waals surface area contributed by atoms with Gasteiger partial charge in [-0.15, -0.1) is 0 Å². The van der Waals surface area contributed by atoms with Gasteiger partial charge in [0, 0.05) is 24.1 Å². The fourth-order valence-electron chi connectivity index (χ4n) is 3.03. The van der Waals surface area contributed by atoms with Gasteiger partial charge in [-0.1, -0.05) is 6.08 Å². The van der Waals surface area contributed by atoms with Crippen molar-refractivity contribution in [2.24, 2.45) is 0 Å². The van der Waals surface area contributed by atoms with Crippen molar-refractivity contribution in [3.8, 4) is 5.95 Å². The zero-order chi connectivity index (χ0) is 18.8. The van der Waals surface area contributed by atoms with Gasteiger partial charge in [-0.05, 0) is 37.1 Å². The van der Waals surface area contributed by atoms with Crippen LogP contribution >= 0.6 is 0 Å². The molecule has 2 atom stereocenters. The fourth-order valence-corrected chi connectivity index (χ4v) is 3.03. The maximum Gasteiger partial charge on any atom is 0.291 e. The van der Waals surface area contributed by atoms with Crippen molar-refractivity contribution in [2.75, 3.05) is 13.7 Å². The molecule has 2 aromatic rings. The standard InChI is InChI=1S/C19H21NO6/c1-11-17(21)12(2)19(24-3)26-18(11)16-9-14(10-25-16)8-13-4-6-15(7-5-13)20(22)23/h4-8,16,20,22H,9-10H2,1-3H3/b14-8-/t16-/m1/s1. The molecule has 1 fully saturated rings. The molecule has 2 N–H and O–H groups in total. The molecule has 7 nitrogen and oxygen atoms in total. The predicted molar refractivity (Wildman–Crippen MR) is 94.5 cm³/mol. The molecule has 0 radical (unpaired) electrons. The van der Waals surface area contributed by atoms with Gasteiger partial charge in [0.2, 0.25) is 0 Å². The van der Waals surface area contributed by atoms with Gasteiger partial charge in [0.1, 0.15) is 11.9 Å². The van der Waals surface area contributed by atoms with Crippen molar-refractivity contribution in [3.63, 3.8) is 0 Å². The summed E-state index contributed by atoms with van der Waals surface area (Å²) in [5.41, 5.74) is 3.06. The van der Waals surface area contributed by atoms with Gasteiger partial charge in [0.05, 0.1) is 19.3 Å². The van der Waals surface area contributed by atoms with Crippen LogP contribution < -0.4 is 15.4 Å². The van der Waals surface area contributed by atoms with Crippen LogP contribution in [0.4, 0.5) is 5.69 Å². The lowest BCUT2D eigenvalue weighted by Crippen LogP contribution is -2.99. The second kappa shape index (κ2) is 7.43. The minimum Gasteiger partial charge on any atom is -0.595 e. The molecular weight excluding hydrogens is 338 g/mol. The van der Waals surface area contributed by atoms with Crippen LogP contribution in [0.15, 0.2) is 39.1 Å². The summed E-state index contributed by atoms with van der Waals surface area (Å²) in [6, 6.07) is 6.64. The third-order valence-electron chi connectivity index (χ3n) is 4.48. The molecule has 1 aromatic heterocycles. The van der Waals surface area contributed by atoms with Gasteiger partial charge in [0.15, 0.2) is 11.1 Å². The normalized spacial score (nSPS) is 19.7. The molecule has 0 aliphatic carbocycles. The van der Waals surface area contributed by atoms with Gasteiger partial charge in [-0.25, -0.2) is 5.21 Å². The Morgan fingerprint density at radius 3 is 2.58 bits per heavy atom. The summed E-state index contributed by atoms with van der Waals surface area (Å²) in [5.74, 6) is 0.697. The van der Waals surface area contributed by atoms with Crippen LogP contribution in [0, 0.1) is 19.1 Å². The first-order valence-corrected chi connectivity index (χ1v) is 8.23. The molecule has 0 saturated carbocycles. The Bertz CT molecular complexity index is 882. The van der Waals surface area contributed by atoms with Gasteiger partial charge < -0.3 is 19.1 Å². The van der Waals surface area contributed by atoms with Crippen LogP contribution in [0.3, 0.4) is 0 Å². The number of methoxy groups -OCH3 is 1. The summed E-state index contributed by atoms with van der Waals surface area (Å²) in [7, 11) is 1.46. The topological polar surface area (TPSA) is 96.4 Å². The summed E-state index contributed by atoms with van der Waals surface area (Å²) in [6.07, 6.45) is 2.21. The Labute approximate surface area is 150 Å². The Kier molecular flexibility index (Phi) is 5.24. The third-order valence-corrected chi connectivity index (χ3v) is 4.48. The highest BCUT2D eigenvalue weighted by atomic mass is 16.8. The molecule has 2 heterocycles. The van der Waals surface area contributed by atoms with Gasteiger partial charge in [0.25, 0.3) is 5.95 Å². The van der Waals surface area contributed by atoms with Crippen molar-refractivity contribution in [3.05, 3.63) is 67.7 Å². The van der Waals surface area contributed by atoms with E-state index in [4.69, 9.17) is 19.1 Å². The van der Waals surface area contributed by atoms with Gasteiger partial charge in [-0.3, -0.25) is 4.79 Å². The average molecular weight is 359 g/mol. The maximum absolute atomic E-state index is 12.3. The van der Waals surface area contributed by atoms with Crippen molar-refractivity contribution in [1.29, 1.82) is 0 Å². The van der Waals surface area contributed by atoms with E-state index in [1.807, 2.05) is 6.08 Å². The largest absolute Gasteiger partial charge is 0.595 e. The highest BCUT2D eigenvalue weighted by Crippen LogP contribution is 2.35. The number of ether oxygens (including phenoxy) is 2. The number of hydrogen-bond donors (Lipinski definition) is 2. The van der Waals surface area contributed by atoms with Crippen LogP contribution in [0.5, 0.6) is 5.95 Å². The highest BCUT2D eigenvalue weighted by molar-refractivity contribution is 5.55. The molecule has 1 aliphatic rings. The van der Waals surface area contributed by atoms with Crippen LogP contribution in [0.25, 0.3) is 6.08 Å². The zero-order valence-corrected chi connectivity index (χ0v) is 14.9. The minimum atomic E-state index is -0.952. The Morgan fingerprint density at radius 1 is 1.27 bits per heavy atom. The zero-order valence-electron chi connectivity index (χ0n) is 14.9. The van der Waals surface area contributed by atoms with Crippen LogP contribution in [-0.4, -0.2) is 18.9 Å². The number of benzene rings is 1. The monoisotopic (exact) mass is 359 g/mol. The molecule has 0 bridgehead atoms. The summed E-state index contributed by atoms with van der Waals surface area (Å²) in [4.78, 5) is 12.3. The molecule has 1 aliphatic heterocycles. The molecule has 7 heteroatoms. The smallest absolute Gasteiger partial charge is 0.291 e. The van der Waals surface area contributed by atoms with Crippen molar-refractivity contribution < 1.29 is 24.3 Å². The first-order valence-electron chi connectivity index (χ1n) is 8.23. The first-order chi connectivity index (χ1) is 12.4. The van der Waals surface area contributed by atoms with Gasteiger partial charge >= 0.3 is 0 Å². The average Bonchev–Trinajstić information content (AvgIpc) is 3.08. The summed E-state index contributed by atoms with van der Waals surface area (Å²) in [5, 5.41) is 18.9. The number of hydrogen-bond acceptors (Lipinski definition) is 6. The second-order valence-electron chi connectivity index (χ2n) is 6.27. The molecule has 1 unspecified atom stereocenters. The molecular formula is C19H21NO6. The SMILES string of the molecule is COc1oc([C@H]2C/C(=C/c3ccc([NH+]([O-])O)cc3)CO2)c(C)c(=O)c1C. The lowest BCUT2D eigenvalue weighted by molar-refractivity contribution is -0.991. The molecule has 26 heavy (non-hydrogen) atoms. The van der Waals surface area contributed by atoms with E-state index in [2.05, 4.69) is 0 Å². The Hall–Kier alpha value is -2.45. The predicted octanol–water partition coefficient (Wildman–Crippen LogP) is 2.21. The highest BCUT2D eigenvalue weighted by Gasteiger charge is 2.28. The summed E-state index contributed by atoms with van der Waals surface area (Å²) >= 11 is 0. The van der Waals surface area contributed by atoms with Gasteiger partial charge in [-0.2, -0.15) is 5.23 Å². The van der Waals surface area contributed by atoms with Crippen LogP contribution in [-0.2, 0) is 4.74 Å². The van der Waals surface area contributed by atoms with E-state index >= 15 is 0 Å². The molecule has 3 rings (SSSR count). The first kappa shape index (κ1) is 18.3. The van der Waals surface area contributed by atoms with Crippen molar-refractivity contribution in [1.82, 2.24) is 0 Å². The van der Waals surface area contributed by atoms with Crippen molar-refractivity contribution in [2.45, 2.75) is 26.4 Å². The maximum atomic E-state index is 12.3. The van der Waals surface area contributed by atoms with E-state index in [0.717, 1.165) is 11.1 Å². The summed E-state index contributed by atoms with van der Waals surface area (Å²) < 4.78 is 16.7. The van der Waals surface area contributed by atoms with E-state index in [9.17, 15) is 10.0 Å². The third kappa shape index (κ3) is 3.56. The molecule has 1 saturated heterocycles. The van der Waals surface area contributed by atoms with E-state index in [1.165, 1.54) is 7.11 Å². The number of rotatable bonds is 4. The Morgan fingerprint density at radius 2 is 1.96 bits per heavy atom. The molecule has 0 spiro atoms. The van der Waals surface area contributed by atoms with Crippen LogP contribution in [0.1, 0.15) is 35.0 Å². The molecule has 1 aromatic carbocycles. The second-order valence-corrected chi connectivity index (χ2v) is 6.27. The minimum absolute atomic E-state index is 0.103. The van der Waals surface area contributed by atoms with E-state index in [-0.39, 0.29) is 23.2 Å². The lowest BCUT2D eigenvalue weighted by Gasteiger charge is -2.13. The number of nitrogens with one attached hydrogen (secondary N) is 1. The quantitative estimate of drug-likeness (QED) is 0.813. The van der Waals surface area contributed by atoms with Crippen LogP contribution in [0.2, 0.25) is 0 Å². The fraction of sp³-hybridized carbons (Fsp3) is 0.316. The van der Waals surface area contributed by atoms with E-state index < -0.39 is 5.23 Å². The Balaban J connectivity index is 1.82. The van der Waals surface area contributed by atoms with Crippen molar-refractivity contribution >= 4 is 11.8 Å². The van der Waals surface area contributed by atoms with E-state index in [1.54, 1.807) is 38.1 Å². The molecule has 138 valence electrons. The molecule has 0 amide bonds. The summed E-state index contributed by atoms with van der Waals surface area (Å²) in [6.45, 7) is 3.82.